The number of rotatable bonds is 27. The van der Waals surface area contributed by atoms with Gasteiger partial charge in [0.05, 0.1) is 26.3 Å². The van der Waals surface area contributed by atoms with E-state index in [2.05, 4.69) is 169 Å². The van der Waals surface area contributed by atoms with Crippen molar-refractivity contribution in [1.29, 1.82) is 0 Å². The molecule has 3 aromatic heterocycles. The molecule has 0 spiro atoms. The first-order valence-corrected chi connectivity index (χ1v) is 31.4. The topological polar surface area (TPSA) is 41.8 Å². The maximum absolute atomic E-state index is 15.6. The van der Waals surface area contributed by atoms with Gasteiger partial charge in [-0.2, -0.15) is 0 Å². The quantitative estimate of drug-likeness (QED) is 0.0559. The number of nitrogens with zero attached hydrogens (tertiary/aromatic N) is 2. The number of allylic oxidation sites excluding steroid dienone is 1. The van der Waals surface area contributed by atoms with E-state index in [0.29, 0.717) is 11.8 Å². The molecule has 0 saturated heterocycles. The van der Waals surface area contributed by atoms with Crippen molar-refractivity contribution in [2.75, 3.05) is 0 Å². The van der Waals surface area contributed by atoms with E-state index in [9.17, 15) is 0 Å². The number of unbranched alkanes of at least 4 members (excludes halogenated alkanes) is 12. The average Bonchev–Trinajstić information content (AvgIpc) is 4.18. The van der Waals surface area contributed by atoms with Gasteiger partial charge in [0.25, 0.3) is 0 Å². The molecule has 2 aliphatic heterocycles. The molecule has 1 aromatic carbocycles. The highest BCUT2D eigenvalue weighted by molar-refractivity contribution is 8.09. The smallest absolute Gasteiger partial charge is 0.153 e. The van der Waals surface area contributed by atoms with Gasteiger partial charge in [0.1, 0.15) is 0 Å². The molecular weight excluding hydrogens is 929 g/mol. The van der Waals surface area contributed by atoms with E-state index >= 15 is 4.79 Å². The Hall–Kier alpha value is -2.32. The van der Waals surface area contributed by atoms with Crippen LogP contribution < -0.4 is 10.7 Å². The molecule has 7 rings (SSSR count). The standard InChI is InChI=1S/C63H92N2OS4/c1-15-19-23-27-37-62(38-28-24-20-16-2)46-41-49(43(5)6)69-56(46)61(14)51(62)42-50(70-61)48-34-36-53(68-48)60(12,13)57(66)59(10,11)45-32-31-44(47-33-35-52(67-47)58(7,8)9)54-55(45)65-63(64-54,39-29-25-21-17-3)40-30-26-22-18-4/h31-36,41-43,51H,15-30,37-40H2,1-14H3. The van der Waals surface area contributed by atoms with Gasteiger partial charge in [-0.25, -0.2) is 0 Å². The first-order valence-electron chi connectivity index (χ1n) is 28.2. The van der Waals surface area contributed by atoms with E-state index < -0.39 is 16.5 Å². The summed E-state index contributed by atoms with van der Waals surface area (Å²) in [6.07, 6.45) is 27.2. The van der Waals surface area contributed by atoms with Gasteiger partial charge in [0.2, 0.25) is 0 Å². The van der Waals surface area contributed by atoms with Crippen molar-refractivity contribution in [2.45, 2.75) is 263 Å². The zero-order valence-corrected chi connectivity index (χ0v) is 49.6. The Kier molecular flexibility index (Phi) is 17.9. The van der Waals surface area contributed by atoms with Gasteiger partial charge in [-0.05, 0) is 126 Å². The first kappa shape index (κ1) is 55.4. The zero-order valence-electron chi connectivity index (χ0n) is 46.4. The number of carbonyl (C=O) groups is 1. The Bertz CT molecular complexity index is 2550. The molecule has 0 bridgehead atoms. The molecule has 70 heavy (non-hydrogen) atoms. The fourth-order valence-electron chi connectivity index (χ4n) is 12.4. The molecule has 384 valence electrons. The second kappa shape index (κ2) is 22.7. The summed E-state index contributed by atoms with van der Waals surface area (Å²) >= 11 is 8.00. The van der Waals surface area contributed by atoms with Crippen LogP contribution in [0.15, 0.2) is 58.5 Å². The Morgan fingerprint density at radius 1 is 0.614 bits per heavy atom. The lowest BCUT2D eigenvalue weighted by molar-refractivity contribution is -0.128. The van der Waals surface area contributed by atoms with E-state index in [0.717, 1.165) is 46.8 Å². The molecule has 2 atom stereocenters. The molecule has 7 heteroatoms. The van der Waals surface area contributed by atoms with Gasteiger partial charge in [0, 0.05) is 51.1 Å². The summed E-state index contributed by atoms with van der Waals surface area (Å²) in [4.78, 5) is 36.9. The minimum absolute atomic E-state index is 0.0230. The Morgan fingerprint density at radius 3 is 1.69 bits per heavy atom. The van der Waals surface area contributed by atoms with Crippen LogP contribution in [0.5, 0.6) is 0 Å². The fraction of sp³-hybridized carbons (Fsp3) is 0.667. The summed E-state index contributed by atoms with van der Waals surface area (Å²) in [7, 11) is 0. The average molecular weight is 1020 g/mol. The summed E-state index contributed by atoms with van der Waals surface area (Å²) in [5, 5.41) is 1.97. The molecule has 2 unspecified atom stereocenters. The number of thiophene rings is 3. The highest BCUT2D eigenvalue weighted by Gasteiger charge is 2.61. The number of Topliss-reactive ketones (excluding diaryl/α,β-unsaturated/α-hetero) is 1. The van der Waals surface area contributed by atoms with Crippen molar-refractivity contribution in [3.8, 4) is 10.4 Å². The number of hydrogen-bond donors (Lipinski definition) is 0. The summed E-state index contributed by atoms with van der Waals surface area (Å²) in [5.74, 6) is 1.26. The molecule has 5 heterocycles. The van der Waals surface area contributed by atoms with E-state index in [1.165, 1.54) is 128 Å². The maximum Gasteiger partial charge on any atom is 0.153 e. The predicted molar refractivity (Wildman–Crippen MR) is 310 cm³/mol. The lowest BCUT2D eigenvalue weighted by atomic mass is 9.66. The minimum Gasteiger partial charge on any atom is -0.298 e. The highest BCUT2D eigenvalue weighted by Crippen LogP contribution is 2.71. The number of fused-ring (bicyclic) bond motifs is 4. The molecule has 0 saturated carbocycles. The molecule has 1 aliphatic carbocycles. The maximum atomic E-state index is 15.6. The lowest BCUT2D eigenvalue weighted by Crippen LogP contribution is -2.46. The molecule has 0 radical (unpaired) electrons. The van der Waals surface area contributed by atoms with Gasteiger partial charge in [-0.3, -0.25) is 14.8 Å². The monoisotopic (exact) mass is 1020 g/mol. The summed E-state index contributed by atoms with van der Waals surface area (Å²) in [6, 6.07) is 16.4. The third-order valence-corrected chi connectivity index (χ3v) is 23.0. The number of hydrogen-bond acceptors (Lipinski definition) is 7. The number of thioether (sulfide) groups is 1. The van der Waals surface area contributed by atoms with Crippen LogP contribution >= 0.6 is 45.8 Å². The molecule has 0 N–H and O–H groups in total. The predicted octanol–water partition coefficient (Wildman–Crippen LogP) is 19.5. The minimum atomic E-state index is -0.799. The zero-order chi connectivity index (χ0) is 50.7. The van der Waals surface area contributed by atoms with Gasteiger partial charge >= 0.3 is 0 Å². The van der Waals surface area contributed by atoms with Crippen LogP contribution in [0.25, 0.3) is 15.3 Å². The van der Waals surface area contributed by atoms with Crippen molar-refractivity contribution in [3.05, 3.63) is 94.8 Å². The van der Waals surface area contributed by atoms with Gasteiger partial charge < -0.3 is 0 Å². The molecular formula is C63H92N2OS4. The van der Waals surface area contributed by atoms with E-state index in [-0.39, 0.29) is 21.4 Å². The van der Waals surface area contributed by atoms with Crippen molar-refractivity contribution in [1.82, 2.24) is 0 Å². The van der Waals surface area contributed by atoms with Crippen LogP contribution in [0.3, 0.4) is 0 Å². The Morgan fingerprint density at radius 2 is 1.14 bits per heavy atom. The van der Waals surface area contributed by atoms with Gasteiger partial charge in [-0.15, -0.1) is 45.8 Å². The van der Waals surface area contributed by atoms with Gasteiger partial charge in [-0.1, -0.05) is 170 Å². The summed E-state index contributed by atoms with van der Waals surface area (Å²) in [6.45, 7) is 32.2. The Balaban J connectivity index is 1.25. The third kappa shape index (κ3) is 11.1. The molecule has 3 nitrogen and oxygen atoms in total. The normalized spacial score (nSPS) is 19.3. The SMILES string of the molecule is CCCCCCC1(CCCCCC)N=c2c(-c3ccc(C(C)(C)C)s3)ccc(C(C)(C)C(=O)C(C)(C)c3ccc(C4=CC5C(CCCCCC)(CCCCCC)c6cc(C(C)C)sc6C5(C)S4)s3)c2=N1. The van der Waals surface area contributed by atoms with Crippen molar-refractivity contribution in [3.63, 3.8) is 0 Å². The first-order chi connectivity index (χ1) is 33.2. The highest BCUT2D eigenvalue weighted by atomic mass is 32.2. The van der Waals surface area contributed by atoms with Crippen LogP contribution in [-0.2, 0) is 31.2 Å². The second-order valence-electron chi connectivity index (χ2n) is 24.4. The van der Waals surface area contributed by atoms with Crippen molar-refractivity contribution in [2.24, 2.45) is 15.9 Å². The second-order valence-corrected chi connectivity index (χ2v) is 29.1. The van der Waals surface area contributed by atoms with E-state index in [4.69, 9.17) is 9.98 Å². The Labute approximate surface area is 442 Å². The molecule has 0 fully saturated rings. The number of ketones is 1. The molecule has 4 aromatic rings. The van der Waals surface area contributed by atoms with Crippen molar-refractivity contribution >= 4 is 56.5 Å². The largest absolute Gasteiger partial charge is 0.298 e. The fourth-order valence-corrected chi connectivity index (χ4v) is 17.8. The number of benzene rings is 1. The van der Waals surface area contributed by atoms with Crippen LogP contribution in [0.1, 0.15) is 267 Å². The molecule has 3 aliphatic rings. The van der Waals surface area contributed by atoms with E-state index in [1.54, 1.807) is 15.3 Å². The van der Waals surface area contributed by atoms with Crippen LogP contribution in [0, 0.1) is 5.92 Å². The van der Waals surface area contributed by atoms with Crippen LogP contribution in [0.4, 0.5) is 0 Å². The van der Waals surface area contributed by atoms with Crippen LogP contribution in [-0.4, -0.2) is 11.4 Å². The number of carbonyl (C=O) groups excluding carboxylic acids is 1. The summed E-state index contributed by atoms with van der Waals surface area (Å²) < 4.78 is 0.0230. The van der Waals surface area contributed by atoms with Crippen LogP contribution in [0.2, 0.25) is 0 Å². The third-order valence-electron chi connectivity index (χ3n) is 16.6. The lowest BCUT2D eigenvalue weighted by Gasteiger charge is -2.38. The molecule has 0 amide bonds. The van der Waals surface area contributed by atoms with Crippen molar-refractivity contribution < 1.29 is 4.79 Å². The van der Waals surface area contributed by atoms with Gasteiger partial charge in [0.15, 0.2) is 11.4 Å². The summed E-state index contributed by atoms with van der Waals surface area (Å²) in [5.41, 5.74) is 2.14. The van der Waals surface area contributed by atoms with E-state index in [1.807, 2.05) is 22.7 Å².